The van der Waals surface area contributed by atoms with Gasteiger partial charge in [0.15, 0.2) is 11.4 Å². The van der Waals surface area contributed by atoms with Crippen molar-refractivity contribution in [1.82, 2.24) is 4.57 Å². The van der Waals surface area contributed by atoms with Crippen LogP contribution in [0, 0.1) is 11.3 Å². The number of aromatic nitrogens is 1. The highest BCUT2D eigenvalue weighted by atomic mass is 35.5. The summed E-state index contributed by atoms with van der Waals surface area (Å²) in [6, 6.07) is 13.3. The largest absolute Gasteiger partial charge is 0.420 e. The van der Waals surface area contributed by atoms with E-state index in [0.29, 0.717) is 21.7 Å². The third-order valence-electron chi connectivity index (χ3n) is 3.28. The van der Waals surface area contributed by atoms with Crippen molar-refractivity contribution in [2.24, 2.45) is 0 Å². The summed E-state index contributed by atoms with van der Waals surface area (Å²) in [4.78, 5) is 24.1. The average Bonchev–Trinajstić information content (AvgIpc) is 2.83. The van der Waals surface area contributed by atoms with Gasteiger partial charge in [-0.2, -0.15) is 5.26 Å². The Morgan fingerprint density at radius 1 is 1.27 bits per heavy atom. The van der Waals surface area contributed by atoms with Crippen LogP contribution in [0.3, 0.4) is 0 Å². The van der Waals surface area contributed by atoms with E-state index >= 15 is 0 Å². The predicted molar refractivity (Wildman–Crippen MR) is 81.0 cm³/mol. The fourth-order valence-electron chi connectivity index (χ4n) is 2.23. The number of halogens is 1. The maximum Gasteiger partial charge on any atom is 0.420 e. The quantitative estimate of drug-likeness (QED) is 0.697. The summed E-state index contributed by atoms with van der Waals surface area (Å²) in [6.07, 6.45) is 0. The van der Waals surface area contributed by atoms with Gasteiger partial charge in [-0.3, -0.25) is 9.36 Å². The molecule has 2 aromatic carbocycles. The number of nitriles is 1. The minimum atomic E-state index is -0.626. The molecular weight excluding hydrogens is 304 g/mol. The van der Waals surface area contributed by atoms with Crippen molar-refractivity contribution in [2.75, 3.05) is 0 Å². The second-order valence-corrected chi connectivity index (χ2v) is 5.01. The lowest BCUT2D eigenvalue weighted by molar-refractivity contribution is 0.103. The van der Waals surface area contributed by atoms with Crippen LogP contribution < -0.4 is 5.76 Å². The fraction of sp³-hybridized carbons (Fsp3) is 0.0625. The minimum Gasteiger partial charge on any atom is -0.408 e. The summed E-state index contributed by atoms with van der Waals surface area (Å²) < 4.78 is 6.29. The summed E-state index contributed by atoms with van der Waals surface area (Å²) in [6.45, 7) is -0.108. The number of fused-ring (bicyclic) bond motifs is 1. The molecule has 0 aliphatic rings. The normalized spacial score (nSPS) is 10.5. The first-order valence-electron chi connectivity index (χ1n) is 6.41. The Labute approximate surface area is 130 Å². The lowest BCUT2D eigenvalue weighted by atomic mass is 10.0. The minimum absolute atomic E-state index is 0.108. The van der Waals surface area contributed by atoms with Crippen LogP contribution in [0.1, 0.15) is 15.9 Å². The molecule has 3 aromatic rings. The van der Waals surface area contributed by atoms with E-state index in [0.717, 1.165) is 0 Å². The first-order chi connectivity index (χ1) is 10.6. The molecule has 1 aromatic heterocycles. The molecule has 0 bridgehead atoms. The predicted octanol–water partition coefficient (Wildman–Crippen LogP) is 3.00. The smallest absolute Gasteiger partial charge is 0.408 e. The third kappa shape index (κ3) is 2.30. The first kappa shape index (κ1) is 14.1. The van der Waals surface area contributed by atoms with Gasteiger partial charge in [-0.1, -0.05) is 23.7 Å². The average molecular weight is 313 g/mol. The van der Waals surface area contributed by atoms with Crippen molar-refractivity contribution < 1.29 is 9.21 Å². The zero-order valence-electron chi connectivity index (χ0n) is 11.2. The molecule has 5 nitrogen and oxygen atoms in total. The zero-order chi connectivity index (χ0) is 15.7. The van der Waals surface area contributed by atoms with Crippen LogP contribution in [-0.4, -0.2) is 10.4 Å². The molecule has 108 valence electrons. The van der Waals surface area contributed by atoms with Gasteiger partial charge in [0.25, 0.3) is 0 Å². The number of rotatable bonds is 3. The van der Waals surface area contributed by atoms with Gasteiger partial charge in [0.2, 0.25) is 0 Å². The van der Waals surface area contributed by atoms with Crippen molar-refractivity contribution in [3.8, 4) is 6.07 Å². The summed E-state index contributed by atoms with van der Waals surface area (Å²) in [5, 5.41) is 9.08. The molecular formula is C16H9ClN2O3. The van der Waals surface area contributed by atoms with Crippen LogP contribution in [0.15, 0.2) is 51.7 Å². The number of benzene rings is 2. The molecule has 22 heavy (non-hydrogen) atoms. The molecule has 0 unspecified atom stereocenters. The molecule has 6 heteroatoms. The van der Waals surface area contributed by atoms with Crippen molar-refractivity contribution in [3.05, 3.63) is 69.2 Å². The summed E-state index contributed by atoms with van der Waals surface area (Å²) in [7, 11) is 0. The van der Waals surface area contributed by atoms with Gasteiger partial charge in [0, 0.05) is 11.1 Å². The Hall–Kier alpha value is -2.84. The number of carbonyl (C=O) groups is 1. The topological polar surface area (TPSA) is 76.0 Å². The van der Waals surface area contributed by atoms with Crippen molar-refractivity contribution in [2.45, 2.75) is 6.54 Å². The van der Waals surface area contributed by atoms with Crippen LogP contribution in [-0.2, 0) is 6.54 Å². The Kier molecular flexibility index (Phi) is 3.53. The Balaban J connectivity index is 2.10. The number of ketones is 1. The van der Waals surface area contributed by atoms with Crippen molar-refractivity contribution in [3.63, 3.8) is 0 Å². The van der Waals surface area contributed by atoms with Crippen LogP contribution in [0.4, 0.5) is 0 Å². The van der Waals surface area contributed by atoms with Gasteiger partial charge in [-0.15, -0.1) is 0 Å². The third-order valence-corrected chi connectivity index (χ3v) is 3.61. The lowest BCUT2D eigenvalue weighted by Gasteiger charge is -2.03. The van der Waals surface area contributed by atoms with E-state index in [-0.39, 0.29) is 17.9 Å². The molecule has 0 amide bonds. The van der Waals surface area contributed by atoms with Crippen LogP contribution in [0.25, 0.3) is 11.1 Å². The molecule has 0 fully saturated rings. The van der Waals surface area contributed by atoms with Crippen LogP contribution in [0.5, 0.6) is 0 Å². The molecule has 0 aliphatic heterocycles. The molecule has 0 N–H and O–H groups in total. The summed E-state index contributed by atoms with van der Waals surface area (Å²) >= 11 is 6.02. The standard InChI is InChI=1S/C16H9ClN2O3/c17-12-4-2-1-3-11(12)15(20)10-5-6-13-14(9-10)22-16(21)19(13)8-7-18/h1-6,9H,8H2. The van der Waals surface area contributed by atoms with E-state index in [1.54, 1.807) is 36.4 Å². The van der Waals surface area contributed by atoms with Gasteiger partial charge in [-0.25, -0.2) is 4.79 Å². The monoisotopic (exact) mass is 312 g/mol. The maximum absolute atomic E-state index is 12.5. The highest BCUT2D eigenvalue weighted by molar-refractivity contribution is 6.35. The number of hydrogen-bond donors (Lipinski definition) is 0. The number of carbonyl (C=O) groups excluding carboxylic acids is 1. The number of nitrogens with zero attached hydrogens (tertiary/aromatic N) is 2. The van der Waals surface area contributed by atoms with E-state index < -0.39 is 5.76 Å². The SMILES string of the molecule is N#CCn1c(=O)oc2cc(C(=O)c3ccccc3Cl)ccc21. The molecule has 0 aliphatic carbocycles. The summed E-state index contributed by atoms with van der Waals surface area (Å²) in [5.74, 6) is -0.887. The first-order valence-corrected chi connectivity index (χ1v) is 6.79. The van der Waals surface area contributed by atoms with Crippen molar-refractivity contribution >= 4 is 28.5 Å². The Morgan fingerprint density at radius 3 is 2.77 bits per heavy atom. The molecule has 1 heterocycles. The van der Waals surface area contributed by atoms with Gasteiger partial charge in [-0.05, 0) is 30.3 Å². The lowest BCUT2D eigenvalue weighted by Crippen LogP contribution is -2.12. The molecule has 0 saturated carbocycles. The Morgan fingerprint density at radius 2 is 2.05 bits per heavy atom. The molecule has 0 spiro atoms. The molecule has 3 rings (SSSR count). The second kappa shape index (κ2) is 5.51. The zero-order valence-corrected chi connectivity index (χ0v) is 12.0. The van der Waals surface area contributed by atoms with E-state index in [1.807, 2.05) is 6.07 Å². The number of hydrogen-bond acceptors (Lipinski definition) is 4. The van der Waals surface area contributed by atoms with E-state index in [2.05, 4.69) is 0 Å². The highest BCUT2D eigenvalue weighted by Gasteiger charge is 2.15. The van der Waals surface area contributed by atoms with E-state index in [4.69, 9.17) is 21.3 Å². The molecule has 0 atom stereocenters. The van der Waals surface area contributed by atoms with Crippen LogP contribution in [0.2, 0.25) is 5.02 Å². The van der Waals surface area contributed by atoms with Gasteiger partial charge >= 0.3 is 5.76 Å². The maximum atomic E-state index is 12.5. The number of oxazole rings is 1. The Bertz CT molecular complexity index is 979. The van der Waals surface area contributed by atoms with E-state index in [1.165, 1.54) is 10.6 Å². The van der Waals surface area contributed by atoms with Gasteiger partial charge in [0.05, 0.1) is 16.6 Å². The van der Waals surface area contributed by atoms with E-state index in [9.17, 15) is 9.59 Å². The molecule has 0 saturated heterocycles. The van der Waals surface area contributed by atoms with Gasteiger partial charge < -0.3 is 4.42 Å². The van der Waals surface area contributed by atoms with Crippen molar-refractivity contribution in [1.29, 1.82) is 5.26 Å². The second-order valence-electron chi connectivity index (χ2n) is 4.60. The highest BCUT2D eigenvalue weighted by Crippen LogP contribution is 2.22. The van der Waals surface area contributed by atoms with Gasteiger partial charge in [0.1, 0.15) is 6.54 Å². The van der Waals surface area contributed by atoms with Crippen LogP contribution >= 0.6 is 11.6 Å². The molecule has 0 radical (unpaired) electrons. The fourth-order valence-corrected chi connectivity index (χ4v) is 2.45. The summed E-state index contributed by atoms with van der Waals surface area (Å²) in [5.41, 5.74) is 1.47.